The Hall–Kier alpha value is -3.72. The maximum absolute atomic E-state index is 13.2. The van der Waals surface area contributed by atoms with E-state index in [-0.39, 0.29) is 11.4 Å². The van der Waals surface area contributed by atoms with Crippen LogP contribution in [0.1, 0.15) is 29.8 Å². The van der Waals surface area contributed by atoms with Gasteiger partial charge >= 0.3 is 0 Å². The standard InChI is InChI=1S/C20H15N3O3/c1-13(24)22(14(2)25)19-17(12-21)16-10-6-7-11-18(16)23(19)20(26)15-8-4-3-5-9-15/h3-11H,1-2H3. The number of hydrogen-bond acceptors (Lipinski definition) is 4. The van der Waals surface area contributed by atoms with E-state index in [1.54, 1.807) is 54.6 Å². The van der Waals surface area contributed by atoms with Gasteiger partial charge in [0.1, 0.15) is 17.5 Å². The summed E-state index contributed by atoms with van der Waals surface area (Å²) in [6.45, 7) is 2.44. The Balaban J connectivity index is 2.43. The van der Waals surface area contributed by atoms with Gasteiger partial charge in [-0.25, -0.2) is 4.90 Å². The number of carbonyl (C=O) groups excluding carboxylic acids is 3. The highest BCUT2D eigenvalue weighted by Gasteiger charge is 2.30. The molecule has 2 aromatic carbocycles. The number of fused-ring (bicyclic) bond motifs is 1. The Labute approximate surface area is 149 Å². The van der Waals surface area contributed by atoms with Crippen molar-refractivity contribution >= 4 is 34.4 Å². The normalized spacial score (nSPS) is 10.3. The molecule has 3 aromatic rings. The Morgan fingerprint density at radius 1 is 0.923 bits per heavy atom. The van der Waals surface area contributed by atoms with Crippen molar-refractivity contribution < 1.29 is 14.4 Å². The third-order valence-electron chi connectivity index (χ3n) is 4.03. The minimum Gasteiger partial charge on any atom is -0.274 e. The Morgan fingerprint density at radius 3 is 2.08 bits per heavy atom. The Kier molecular flexibility index (Phi) is 4.38. The lowest BCUT2D eigenvalue weighted by atomic mass is 10.2. The number of rotatable bonds is 2. The van der Waals surface area contributed by atoms with Gasteiger partial charge in [-0.1, -0.05) is 36.4 Å². The second-order valence-electron chi connectivity index (χ2n) is 5.71. The van der Waals surface area contributed by atoms with Crippen LogP contribution in [-0.2, 0) is 9.59 Å². The molecule has 0 bridgehead atoms. The Bertz CT molecular complexity index is 1060. The molecule has 0 saturated carbocycles. The van der Waals surface area contributed by atoms with Crippen molar-refractivity contribution in [3.05, 3.63) is 65.7 Å². The molecular formula is C20H15N3O3. The highest BCUT2D eigenvalue weighted by molar-refractivity contribution is 6.18. The van der Waals surface area contributed by atoms with Crippen molar-refractivity contribution in [3.63, 3.8) is 0 Å². The lowest BCUT2D eigenvalue weighted by molar-refractivity contribution is -0.124. The highest BCUT2D eigenvalue weighted by Crippen LogP contribution is 2.33. The first kappa shape index (κ1) is 17.1. The number of nitrogens with zero attached hydrogens (tertiary/aromatic N) is 3. The molecule has 3 rings (SSSR count). The van der Waals surface area contributed by atoms with E-state index < -0.39 is 17.7 Å². The largest absolute Gasteiger partial charge is 0.274 e. The van der Waals surface area contributed by atoms with E-state index in [1.165, 1.54) is 18.4 Å². The third-order valence-corrected chi connectivity index (χ3v) is 4.03. The molecule has 128 valence electrons. The van der Waals surface area contributed by atoms with Crippen LogP contribution in [0.25, 0.3) is 10.9 Å². The average Bonchev–Trinajstić information content (AvgIpc) is 2.95. The van der Waals surface area contributed by atoms with Crippen LogP contribution in [0.4, 0.5) is 5.82 Å². The number of hydrogen-bond donors (Lipinski definition) is 0. The van der Waals surface area contributed by atoms with Crippen molar-refractivity contribution in [2.75, 3.05) is 4.90 Å². The minimum atomic E-state index is -0.570. The fourth-order valence-corrected chi connectivity index (χ4v) is 2.98. The average molecular weight is 345 g/mol. The lowest BCUT2D eigenvalue weighted by Gasteiger charge is -2.19. The van der Waals surface area contributed by atoms with Gasteiger partial charge in [-0.3, -0.25) is 19.0 Å². The number of benzene rings is 2. The molecule has 0 atom stereocenters. The van der Waals surface area contributed by atoms with Gasteiger partial charge in [0, 0.05) is 24.8 Å². The smallest absolute Gasteiger partial charge is 0.264 e. The number of nitriles is 1. The Morgan fingerprint density at radius 2 is 1.50 bits per heavy atom. The van der Waals surface area contributed by atoms with Crippen LogP contribution in [-0.4, -0.2) is 22.3 Å². The van der Waals surface area contributed by atoms with Gasteiger partial charge < -0.3 is 0 Å². The number of amides is 2. The zero-order valence-electron chi connectivity index (χ0n) is 14.3. The molecule has 6 heteroatoms. The van der Waals surface area contributed by atoms with Crippen LogP contribution in [0.5, 0.6) is 0 Å². The van der Waals surface area contributed by atoms with Crippen molar-refractivity contribution in [1.29, 1.82) is 5.26 Å². The molecule has 6 nitrogen and oxygen atoms in total. The summed E-state index contributed by atoms with van der Waals surface area (Å²) in [5.41, 5.74) is 0.946. The fraction of sp³-hybridized carbons (Fsp3) is 0.100. The topological polar surface area (TPSA) is 83.2 Å². The molecule has 1 heterocycles. The molecule has 0 saturated heterocycles. The van der Waals surface area contributed by atoms with Crippen LogP contribution in [0, 0.1) is 11.3 Å². The lowest BCUT2D eigenvalue weighted by Crippen LogP contribution is -2.36. The van der Waals surface area contributed by atoms with Crippen LogP contribution in [0.3, 0.4) is 0 Å². The molecule has 26 heavy (non-hydrogen) atoms. The van der Waals surface area contributed by atoms with E-state index in [9.17, 15) is 19.6 Å². The van der Waals surface area contributed by atoms with Crippen molar-refractivity contribution in [2.45, 2.75) is 13.8 Å². The number of imide groups is 1. The van der Waals surface area contributed by atoms with Gasteiger partial charge in [0.2, 0.25) is 11.8 Å². The fourth-order valence-electron chi connectivity index (χ4n) is 2.98. The van der Waals surface area contributed by atoms with E-state index in [0.717, 1.165) is 4.90 Å². The number of anilines is 1. The van der Waals surface area contributed by atoms with Crippen LogP contribution in [0.2, 0.25) is 0 Å². The zero-order valence-corrected chi connectivity index (χ0v) is 14.3. The summed E-state index contributed by atoms with van der Waals surface area (Å²) < 4.78 is 1.26. The van der Waals surface area contributed by atoms with Gasteiger partial charge in [0.05, 0.1) is 5.52 Å². The molecule has 0 aliphatic rings. The third kappa shape index (κ3) is 2.66. The van der Waals surface area contributed by atoms with Crippen LogP contribution in [0.15, 0.2) is 54.6 Å². The summed E-state index contributed by atoms with van der Waals surface area (Å²) in [6, 6.07) is 17.4. The molecule has 0 radical (unpaired) electrons. The van der Waals surface area contributed by atoms with Gasteiger partial charge in [-0.05, 0) is 18.2 Å². The predicted octanol–water partition coefficient (Wildman–Crippen LogP) is 3.10. The molecule has 2 amide bonds. The quantitative estimate of drug-likeness (QED) is 0.714. The summed E-state index contributed by atoms with van der Waals surface area (Å²) in [7, 11) is 0. The first-order valence-electron chi connectivity index (χ1n) is 7.92. The SMILES string of the molecule is CC(=O)N(C(C)=O)c1c(C#N)c2ccccc2n1C(=O)c1ccccc1. The van der Waals surface area contributed by atoms with Crippen LogP contribution >= 0.6 is 0 Å². The van der Waals surface area contributed by atoms with Crippen molar-refractivity contribution in [1.82, 2.24) is 4.57 Å². The monoisotopic (exact) mass is 345 g/mol. The number of para-hydroxylation sites is 1. The summed E-state index contributed by atoms with van der Waals surface area (Å²) in [4.78, 5) is 38.3. The molecule has 0 aliphatic heterocycles. The van der Waals surface area contributed by atoms with Gasteiger partial charge in [-0.2, -0.15) is 5.26 Å². The van der Waals surface area contributed by atoms with Crippen LogP contribution < -0.4 is 4.90 Å². The molecule has 0 N–H and O–H groups in total. The van der Waals surface area contributed by atoms with Gasteiger partial charge in [-0.15, -0.1) is 0 Å². The highest BCUT2D eigenvalue weighted by atomic mass is 16.2. The minimum absolute atomic E-state index is 0.0254. The van der Waals surface area contributed by atoms with Gasteiger partial charge in [0.25, 0.3) is 5.91 Å². The molecule has 0 unspecified atom stereocenters. The summed E-state index contributed by atoms with van der Waals surface area (Å²) >= 11 is 0. The summed E-state index contributed by atoms with van der Waals surface area (Å²) in [5, 5.41) is 10.2. The molecule has 0 spiro atoms. The maximum atomic E-state index is 13.2. The second-order valence-corrected chi connectivity index (χ2v) is 5.71. The summed E-state index contributed by atoms with van der Waals surface area (Å²) in [6.07, 6.45) is 0. The first-order chi connectivity index (χ1) is 12.5. The van der Waals surface area contributed by atoms with Crippen molar-refractivity contribution in [3.8, 4) is 6.07 Å². The molecular weight excluding hydrogens is 330 g/mol. The van der Waals surface area contributed by atoms with E-state index in [4.69, 9.17) is 0 Å². The second kappa shape index (κ2) is 6.65. The van der Waals surface area contributed by atoms with Crippen molar-refractivity contribution in [2.24, 2.45) is 0 Å². The number of carbonyl (C=O) groups is 3. The molecule has 0 fully saturated rings. The predicted molar refractivity (Wildman–Crippen MR) is 96.7 cm³/mol. The van der Waals surface area contributed by atoms with E-state index in [0.29, 0.717) is 16.5 Å². The van der Waals surface area contributed by atoms with Gasteiger partial charge in [0.15, 0.2) is 0 Å². The maximum Gasteiger partial charge on any atom is 0.264 e. The van der Waals surface area contributed by atoms with E-state index in [1.807, 2.05) is 6.07 Å². The number of aromatic nitrogens is 1. The summed E-state index contributed by atoms with van der Waals surface area (Å²) in [5.74, 6) is -1.59. The van der Waals surface area contributed by atoms with E-state index in [2.05, 4.69) is 0 Å². The molecule has 1 aromatic heterocycles. The first-order valence-corrected chi connectivity index (χ1v) is 7.92. The zero-order chi connectivity index (χ0) is 18.8. The van der Waals surface area contributed by atoms with E-state index >= 15 is 0 Å². The molecule has 0 aliphatic carbocycles.